The zero-order valence-electron chi connectivity index (χ0n) is 23.7. The quantitative estimate of drug-likeness (QED) is 0.360. The summed E-state index contributed by atoms with van der Waals surface area (Å²) in [5.74, 6) is 0.459. The van der Waals surface area contributed by atoms with Gasteiger partial charge < -0.3 is 9.84 Å². The van der Waals surface area contributed by atoms with Gasteiger partial charge in [-0.1, -0.05) is 62.4 Å². The molecule has 0 saturated heterocycles. The monoisotopic (exact) mass is 553 g/mol. The van der Waals surface area contributed by atoms with Crippen LogP contribution in [0, 0.1) is 19.8 Å². The number of methoxy groups -OCH3 is 1. The van der Waals surface area contributed by atoms with Crippen LogP contribution in [-0.4, -0.2) is 63.1 Å². The van der Waals surface area contributed by atoms with Crippen LogP contribution in [0.5, 0.6) is 5.75 Å². The number of benzene rings is 3. The molecule has 0 aromatic heterocycles. The van der Waals surface area contributed by atoms with Crippen molar-refractivity contribution in [2.24, 2.45) is 5.92 Å². The number of aryl methyl sites for hydroxylation is 2. The van der Waals surface area contributed by atoms with Crippen molar-refractivity contribution < 1.29 is 28.0 Å². The van der Waals surface area contributed by atoms with Crippen molar-refractivity contribution in [1.29, 1.82) is 0 Å². The van der Waals surface area contributed by atoms with E-state index in [0.717, 1.165) is 16.7 Å². The zero-order valence-corrected chi connectivity index (χ0v) is 24.5. The van der Waals surface area contributed by atoms with Crippen molar-refractivity contribution in [2.75, 3.05) is 27.2 Å². The van der Waals surface area contributed by atoms with E-state index in [-0.39, 0.29) is 29.8 Å². The number of carbonyl (C=O) groups excluding carboxylic acids is 1. The molecule has 7 nitrogen and oxygen atoms in total. The van der Waals surface area contributed by atoms with Crippen LogP contribution in [0.1, 0.15) is 40.9 Å². The van der Waals surface area contributed by atoms with E-state index >= 15 is 0 Å². The molecule has 0 aliphatic carbocycles. The van der Waals surface area contributed by atoms with Crippen molar-refractivity contribution in [3.8, 4) is 5.75 Å². The first-order valence-corrected chi connectivity index (χ1v) is 14.7. The van der Waals surface area contributed by atoms with Crippen LogP contribution in [0.3, 0.4) is 0 Å². The zero-order chi connectivity index (χ0) is 28.7. The molecule has 1 unspecified atom stereocenters. The first kappa shape index (κ1) is 30.5. The van der Waals surface area contributed by atoms with Gasteiger partial charge in [0, 0.05) is 19.5 Å². The number of carbonyl (C=O) groups is 1. The summed E-state index contributed by atoms with van der Waals surface area (Å²) in [6.45, 7) is 7.77. The number of quaternary nitrogens is 1. The lowest BCUT2D eigenvalue weighted by Gasteiger charge is -2.32. The van der Waals surface area contributed by atoms with Crippen molar-refractivity contribution in [1.82, 2.24) is 4.31 Å². The van der Waals surface area contributed by atoms with Gasteiger partial charge in [0.25, 0.3) is 0 Å². The number of aliphatic hydroxyl groups excluding tert-OH is 1. The molecule has 2 N–H and O–H groups in total. The van der Waals surface area contributed by atoms with E-state index < -0.39 is 22.2 Å². The van der Waals surface area contributed by atoms with E-state index in [1.807, 2.05) is 76.2 Å². The number of rotatable bonds is 12. The number of ether oxygens (including phenoxy) is 1. The Labute approximate surface area is 233 Å². The number of nitrogens with zero attached hydrogens (tertiary/aromatic N) is 1. The molecule has 0 heterocycles. The summed E-state index contributed by atoms with van der Waals surface area (Å²) >= 11 is 0. The predicted octanol–water partition coefficient (Wildman–Crippen LogP) is 3.29. The first-order chi connectivity index (χ1) is 18.4. The highest BCUT2D eigenvalue weighted by molar-refractivity contribution is 7.89. The van der Waals surface area contributed by atoms with Crippen LogP contribution in [0.4, 0.5) is 0 Å². The minimum atomic E-state index is -3.91. The van der Waals surface area contributed by atoms with E-state index in [4.69, 9.17) is 4.74 Å². The summed E-state index contributed by atoms with van der Waals surface area (Å²) in [5, 5.41) is 11.7. The second kappa shape index (κ2) is 13.3. The number of nitrogens with one attached hydrogen (secondary N) is 1. The standard InChI is InChI=1S/C31H40N2O5S/c1-22(2)20-33(39(36,37)27-17-15-26(38-6)16-18-27)21-29(34)28(19-25-13-8-7-9-14-25)32(5)31(35)30-23(3)11-10-12-24(30)4/h7-18,22,28-29,34H,19-21H2,1-6H3/p+1/t28-,29+/m0/s1. The maximum absolute atomic E-state index is 13.8. The fraction of sp³-hybridized carbons (Fsp3) is 0.387. The van der Waals surface area contributed by atoms with E-state index in [9.17, 15) is 18.3 Å². The fourth-order valence-corrected chi connectivity index (χ4v) is 6.52. The molecule has 0 spiro atoms. The van der Waals surface area contributed by atoms with Gasteiger partial charge in [0.05, 0.1) is 24.6 Å². The Morgan fingerprint density at radius 2 is 1.51 bits per heavy atom. The maximum atomic E-state index is 13.8. The van der Waals surface area contributed by atoms with Crippen LogP contribution in [0.2, 0.25) is 0 Å². The smallest absolute Gasteiger partial charge is 0.344 e. The van der Waals surface area contributed by atoms with Gasteiger partial charge in [-0.2, -0.15) is 4.31 Å². The molecule has 3 rings (SSSR count). The molecule has 3 aromatic rings. The summed E-state index contributed by atoms with van der Waals surface area (Å²) in [6, 6.07) is 21.0. The van der Waals surface area contributed by atoms with Crippen LogP contribution in [0.15, 0.2) is 77.7 Å². The minimum absolute atomic E-state index is 0.0270. The van der Waals surface area contributed by atoms with Crippen LogP contribution < -0.4 is 9.64 Å². The summed E-state index contributed by atoms with van der Waals surface area (Å²) in [5.41, 5.74) is 3.33. The number of likely N-dealkylation sites (N-methyl/N-ethyl adjacent to an activating group) is 1. The van der Waals surface area contributed by atoms with Gasteiger partial charge in [0.1, 0.15) is 17.9 Å². The summed E-state index contributed by atoms with van der Waals surface area (Å²) < 4.78 is 33.9. The molecular weight excluding hydrogens is 512 g/mol. The summed E-state index contributed by atoms with van der Waals surface area (Å²) in [4.78, 5) is 14.4. The Hall–Kier alpha value is -3.04. The molecule has 0 aliphatic rings. The lowest BCUT2D eigenvalue weighted by Crippen LogP contribution is -3.17. The number of sulfonamides is 1. The molecule has 3 atom stereocenters. The van der Waals surface area contributed by atoms with Crippen LogP contribution in [0.25, 0.3) is 0 Å². The molecule has 8 heteroatoms. The fourth-order valence-electron chi connectivity index (χ4n) is 4.89. The largest absolute Gasteiger partial charge is 0.497 e. The molecule has 39 heavy (non-hydrogen) atoms. The summed E-state index contributed by atoms with van der Waals surface area (Å²) in [6.07, 6.45) is -0.701. The Morgan fingerprint density at radius 1 is 0.923 bits per heavy atom. The van der Waals surface area contributed by atoms with E-state index in [1.165, 1.54) is 23.5 Å². The SMILES string of the molecule is COc1ccc(S(=O)(=O)N(CC(C)C)C[C@@H](O)[C@H](Cc2ccccc2)[NH+](C)C(=O)c2c(C)cccc2C)cc1. The second-order valence-corrected chi connectivity index (χ2v) is 12.5. The van der Waals surface area contributed by atoms with Crippen molar-refractivity contribution in [3.05, 3.63) is 95.1 Å². The molecule has 3 aromatic carbocycles. The second-order valence-electron chi connectivity index (χ2n) is 10.5. The first-order valence-electron chi connectivity index (χ1n) is 13.3. The normalized spacial score (nSPS) is 14.3. The summed E-state index contributed by atoms with van der Waals surface area (Å²) in [7, 11) is -0.627. The molecule has 0 fully saturated rings. The average Bonchev–Trinajstić information content (AvgIpc) is 2.91. The number of hydrogen-bond donors (Lipinski definition) is 2. The Balaban J connectivity index is 1.97. The van der Waals surface area contributed by atoms with Gasteiger partial charge in [0.2, 0.25) is 10.0 Å². The average molecular weight is 554 g/mol. The molecule has 210 valence electrons. The van der Waals surface area contributed by atoms with Crippen LogP contribution in [-0.2, 0) is 16.4 Å². The lowest BCUT2D eigenvalue weighted by molar-refractivity contribution is -0.825. The highest BCUT2D eigenvalue weighted by atomic mass is 32.2. The van der Waals surface area contributed by atoms with Gasteiger partial charge in [-0.3, -0.25) is 4.90 Å². The Morgan fingerprint density at radius 3 is 2.05 bits per heavy atom. The van der Waals surface area contributed by atoms with Gasteiger partial charge in [-0.25, -0.2) is 13.2 Å². The maximum Gasteiger partial charge on any atom is 0.344 e. The Bertz CT molecular complexity index is 1320. The van der Waals surface area contributed by atoms with E-state index in [0.29, 0.717) is 22.6 Å². The highest BCUT2D eigenvalue weighted by Crippen LogP contribution is 2.22. The minimum Gasteiger partial charge on any atom is -0.497 e. The Kier molecular flexibility index (Phi) is 10.4. The van der Waals surface area contributed by atoms with Crippen molar-refractivity contribution in [2.45, 2.75) is 51.2 Å². The van der Waals surface area contributed by atoms with Crippen molar-refractivity contribution in [3.63, 3.8) is 0 Å². The predicted molar refractivity (Wildman–Crippen MR) is 154 cm³/mol. The third-order valence-electron chi connectivity index (χ3n) is 7.04. The van der Waals surface area contributed by atoms with E-state index in [1.54, 1.807) is 19.2 Å². The highest BCUT2D eigenvalue weighted by Gasteiger charge is 2.37. The number of hydrogen-bond acceptors (Lipinski definition) is 5. The van der Waals surface area contributed by atoms with E-state index in [2.05, 4.69) is 0 Å². The number of amides is 1. The molecular formula is C31H41N2O5S+. The number of aliphatic hydroxyl groups is 1. The lowest BCUT2D eigenvalue weighted by atomic mass is 9.96. The third-order valence-corrected chi connectivity index (χ3v) is 8.89. The van der Waals surface area contributed by atoms with Gasteiger partial charge >= 0.3 is 5.91 Å². The molecule has 0 aliphatic heterocycles. The third kappa shape index (κ3) is 7.54. The van der Waals surface area contributed by atoms with Crippen LogP contribution >= 0.6 is 0 Å². The molecule has 0 saturated carbocycles. The molecule has 0 bridgehead atoms. The topological polar surface area (TPSA) is 88.3 Å². The van der Waals surface area contributed by atoms with Gasteiger partial charge in [-0.15, -0.1) is 0 Å². The van der Waals surface area contributed by atoms with Crippen molar-refractivity contribution >= 4 is 15.9 Å². The van der Waals surface area contributed by atoms with Gasteiger partial charge in [-0.05, 0) is 60.7 Å². The molecule has 1 amide bonds. The molecule has 0 radical (unpaired) electrons. The van der Waals surface area contributed by atoms with Gasteiger partial charge in [0.15, 0.2) is 0 Å².